The van der Waals surface area contributed by atoms with E-state index in [9.17, 15) is 4.79 Å². The van der Waals surface area contributed by atoms with Crippen molar-refractivity contribution in [3.05, 3.63) is 56.5 Å². The minimum absolute atomic E-state index is 0.0774. The van der Waals surface area contributed by atoms with Crippen molar-refractivity contribution in [1.82, 2.24) is 4.90 Å². The van der Waals surface area contributed by atoms with Crippen molar-refractivity contribution in [2.45, 2.75) is 13.3 Å². The van der Waals surface area contributed by atoms with Crippen LogP contribution in [-0.4, -0.2) is 49.4 Å². The molecule has 1 fully saturated rings. The summed E-state index contributed by atoms with van der Waals surface area (Å²) in [7, 11) is 1.65. The molecule has 33 heavy (non-hydrogen) atoms. The summed E-state index contributed by atoms with van der Waals surface area (Å²) in [5, 5.41) is 0.655. The van der Waals surface area contributed by atoms with E-state index in [4.69, 9.17) is 25.6 Å². The van der Waals surface area contributed by atoms with E-state index in [1.807, 2.05) is 55.5 Å². The Morgan fingerprint density at radius 1 is 1.24 bits per heavy atom. The molecule has 1 heterocycles. The first kappa shape index (κ1) is 25.1. The van der Waals surface area contributed by atoms with E-state index in [-0.39, 0.29) is 12.5 Å². The average molecular weight is 576 g/mol. The molecule has 2 aromatic rings. The minimum Gasteiger partial charge on any atom is -0.490 e. The first-order chi connectivity index (χ1) is 16.1. The van der Waals surface area contributed by atoms with Crippen LogP contribution >= 0.6 is 34.4 Å². The number of amides is 1. The molecule has 1 amide bonds. The fraction of sp³-hybridized carbons (Fsp3) is 0.280. The van der Waals surface area contributed by atoms with Gasteiger partial charge in [0.25, 0.3) is 5.91 Å². The summed E-state index contributed by atoms with van der Waals surface area (Å²) in [6.07, 6.45) is 7.92. The normalized spacial score (nSPS) is 15.8. The Hall–Kier alpha value is -2.48. The summed E-state index contributed by atoms with van der Waals surface area (Å²) >= 11 is 3.55. The monoisotopic (exact) mass is 576 g/mol. The topological polar surface area (TPSA) is 60.4 Å². The number of terminal acetylenes is 1. The van der Waals surface area contributed by atoms with E-state index in [0.717, 1.165) is 21.2 Å². The SMILES string of the molecule is C#CCOc1c(I)cc(/C=C2\SC(=Nc3ccccc3)N(CCCOC)C2=O)cc1OCC. The van der Waals surface area contributed by atoms with Crippen LogP contribution in [0.3, 0.4) is 0 Å². The van der Waals surface area contributed by atoms with Crippen molar-refractivity contribution in [2.24, 2.45) is 4.99 Å². The fourth-order valence-electron chi connectivity index (χ4n) is 3.11. The molecule has 1 aliphatic rings. The molecule has 0 unspecified atom stereocenters. The molecular formula is C25H25IN2O4S. The molecule has 0 bridgehead atoms. The summed E-state index contributed by atoms with van der Waals surface area (Å²) in [6.45, 7) is 3.64. The van der Waals surface area contributed by atoms with Gasteiger partial charge in [-0.15, -0.1) is 6.42 Å². The number of hydrogen-bond donors (Lipinski definition) is 0. The maximum absolute atomic E-state index is 13.2. The van der Waals surface area contributed by atoms with Crippen molar-refractivity contribution < 1.29 is 19.0 Å². The van der Waals surface area contributed by atoms with Gasteiger partial charge in [0.1, 0.15) is 6.61 Å². The van der Waals surface area contributed by atoms with Crippen LogP contribution in [0.2, 0.25) is 0 Å². The van der Waals surface area contributed by atoms with E-state index in [1.165, 1.54) is 11.8 Å². The molecule has 0 atom stereocenters. The van der Waals surface area contributed by atoms with Gasteiger partial charge in [0.05, 0.1) is 20.8 Å². The molecule has 8 heteroatoms. The van der Waals surface area contributed by atoms with Gasteiger partial charge in [-0.1, -0.05) is 24.1 Å². The number of thioether (sulfide) groups is 1. The first-order valence-corrected chi connectivity index (χ1v) is 12.3. The molecule has 1 aliphatic heterocycles. The minimum atomic E-state index is -0.0774. The standard InChI is InChI=1S/C25H25IN2O4S/c1-4-13-32-23-20(26)15-18(16-21(23)31-5-2)17-22-24(29)28(12-9-14-30-3)25(33-22)27-19-10-7-6-8-11-19/h1,6-8,10-11,15-17H,5,9,12-14H2,2-3H3/b22-17-,27-25?. The Morgan fingerprint density at radius 3 is 2.73 bits per heavy atom. The van der Waals surface area contributed by atoms with Gasteiger partial charge in [0.2, 0.25) is 0 Å². The molecule has 3 rings (SSSR count). The molecule has 0 saturated carbocycles. The second-order valence-electron chi connectivity index (χ2n) is 6.90. The predicted molar refractivity (Wildman–Crippen MR) is 142 cm³/mol. The van der Waals surface area contributed by atoms with Crippen LogP contribution in [0.4, 0.5) is 5.69 Å². The molecule has 0 N–H and O–H groups in total. The van der Waals surface area contributed by atoms with Crippen molar-refractivity contribution in [3.8, 4) is 23.8 Å². The Morgan fingerprint density at radius 2 is 2.03 bits per heavy atom. The van der Waals surface area contributed by atoms with Gasteiger partial charge in [-0.3, -0.25) is 9.69 Å². The highest BCUT2D eigenvalue weighted by Gasteiger charge is 2.33. The van der Waals surface area contributed by atoms with Crippen LogP contribution in [0.25, 0.3) is 6.08 Å². The van der Waals surface area contributed by atoms with Gasteiger partial charge < -0.3 is 14.2 Å². The molecule has 1 saturated heterocycles. The summed E-state index contributed by atoms with van der Waals surface area (Å²) < 4.78 is 17.5. The van der Waals surface area contributed by atoms with Gasteiger partial charge in [0, 0.05) is 20.3 Å². The third-order valence-corrected chi connectivity index (χ3v) is 6.34. The third kappa shape index (κ3) is 6.76. The van der Waals surface area contributed by atoms with Gasteiger partial charge in [-0.25, -0.2) is 4.99 Å². The molecule has 0 aromatic heterocycles. The van der Waals surface area contributed by atoms with E-state index in [1.54, 1.807) is 12.0 Å². The van der Waals surface area contributed by atoms with Gasteiger partial charge >= 0.3 is 0 Å². The van der Waals surface area contributed by atoms with E-state index >= 15 is 0 Å². The molecule has 6 nitrogen and oxygen atoms in total. The second kappa shape index (κ2) is 12.7. The lowest BCUT2D eigenvalue weighted by atomic mass is 10.2. The molecule has 172 valence electrons. The number of para-hydroxylation sites is 1. The van der Waals surface area contributed by atoms with Crippen LogP contribution in [0.15, 0.2) is 52.4 Å². The first-order valence-electron chi connectivity index (χ1n) is 10.4. The van der Waals surface area contributed by atoms with E-state index in [0.29, 0.717) is 41.3 Å². The molecule has 2 aromatic carbocycles. The Balaban J connectivity index is 1.94. The number of methoxy groups -OCH3 is 1. The maximum Gasteiger partial charge on any atom is 0.266 e. The van der Waals surface area contributed by atoms with Crippen LogP contribution in [0.1, 0.15) is 18.9 Å². The number of ether oxygens (including phenoxy) is 3. The average Bonchev–Trinajstić information content (AvgIpc) is 3.08. The maximum atomic E-state index is 13.2. The number of amidine groups is 1. The lowest BCUT2D eigenvalue weighted by molar-refractivity contribution is -0.122. The van der Waals surface area contributed by atoms with Crippen LogP contribution < -0.4 is 9.47 Å². The number of nitrogens with zero attached hydrogens (tertiary/aromatic N) is 2. The largest absolute Gasteiger partial charge is 0.490 e. The third-order valence-electron chi connectivity index (χ3n) is 4.53. The van der Waals surface area contributed by atoms with Crippen molar-refractivity contribution in [2.75, 3.05) is 33.5 Å². The summed E-state index contributed by atoms with van der Waals surface area (Å²) in [6, 6.07) is 13.4. The Kier molecular flexibility index (Phi) is 9.66. The zero-order valence-electron chi connectivity index (χ0n) is 18.5. The molecular weight excluding hydrogens is 551 g/mol. The number of carbonyl (C=O) groups is 1. The number of aliphatic imine (C=N–C) groups is 1. The highest BCUT2D eigenvalue weighted by Crippen LogP contribution is 2.38. The van der Waals surface area contributed by atoms with Crippen molar-refractivity contribution in [1.29, 1.82) is 0 Å². The Labute approximate surface area is 212 Å². The van der Waals surface area contributed by atoms with Crippen LogP contribution in [-0.2, 0) is 9.53 Å². The predicted octanol–water partition coefficient (Wildman–Crippen LogP) is 5.34. The fourth-order valence-corrected chi connectivity index (χ4v) is 4.91. The summed E-state index contributed by atoms with van der Waals surface area (Å²) in [4.78, 5) is 20.3. The smallest absolute Gasteiger partial charge is 0.266 e. The van der Waals surface area contributed by atoms with E-state index < -0.39 is 0 Å². The van der Waals surface area contributed by atoms with Gasteiger partial charge in [-0.2, -0.15) is 0 Å². The Bertz CT molecular complexity index is 1080. The van der Waals surface area contributed by atoms with Crippen molar-refractivity contribution in [3.63, 3.8) is 0 Å². The molecule has 0 spiro atoms. The highest BCUT2D eigenvalue weighted by atomic mass is 127. The number of benzene rings is 2. The summed E-state index contributed by atoms with van der Waals surface area (Å²) in [5.74, 6) is 3.60. The highest BCUT2D eigenvalue weighted by molar-refractivity contribution is 14.1. The zero-order chi connectivity index (χ0) is 23.6. The van der Waals surface area contributed by atoms with Crippen LogP contribution in [0, 0.1) is 15.9 Å². The quantitative estimate of drug-likeness (QED) is 0.165. The molecule has 0 radical (unpaired) electrons. The summed E-state index contributed by atoms with van der Waals surface area (Å²) in [5.41, 5.74) is 1.64. The lowest BCUT2D eigenvalue weighted by Crippen LogP contribution is -2.30. The van der Waals surface area contributed by atoms with Crippen molar-refractivity contribution >= 4 is 57.2 Å². The van der Waals surface area contributed by atoms with Gasteiger partial charge in [-0.05, 0) is 83.6 Å². The lowest BCUT2D eigenvalue weighted by Gasteiger charge is -2.15. The number of halogens is 1. The second-order valence-corrected chi connectivity index (χ2v) is 9.07. The number of hydrogen-bond acceptors (Lipinski definition) is 6. The zero-order valence-corrected chi connectivity index (χ0v) is 21.5. The van der Waals surface area contributed by atoms with Crippen LogP contribution in [0.5, 0.6) is 11.5 Å². The van der Waals surface area contributed by atoms with E-state index in [2.05, 4.69) is 28.5 Å². The number of rotatable bonds is 10. The number of carbonyl (C=O) groups excluding carboxylic acids is 1. The molecule has 0 aliphatic carbocycles. The van der Waals surface area contributed by atoms with Gasteiger partial charge in [0.15, 0.2) is 16.7 Å².